The number of thioether (sulfide) groups is 1. The molecule has 0 aliphatic heterocycles. The van der Waals surface area contributed by atoms with Crippen molar-refractivity contribution in [3.05, 3.63) is 69.6 Å². The Morgan fingerprint density at radius 3 is 2.63 bits per heavy atom. The zero-order valence-electron chi connectivity index (χ0n) is 17.4. The largest absolute Gasteiger partial charge is 0.496 e. The van der Waals surface area contributed by atoms with Gasteiger partial charge in [0.2, 0.25) is 0 Å². The molecule has 2 aromatic carbocycles. The summed E-state index contributed by atoms with van der Waals surface area (Å²) >= 11 is 1.56. The van der Waals surface area contributed by atoms with Crippen molar-refractivity contribution in [3.63, 3.8) is 0 Å². The van der Waals surface area contributed by atoms with Crippen LogP contribution in [0.2, 0.25) is 0 Å². The molecule has 0 N–H and O–H groups in total. The molecule has 7 heteroatoms. The molecule has 0 saturated carbocycles. The normalized spacial score (nSPS) is 11.2. The minimum Gasteiger partial charge on any atom is -0.496 e. The molecule has 0 unspecified atom stereocenters. The van der Waals surface area contributed by atoms with Gasteiger partial charge >= 0.3 is 5.63 Å². The Kier molecular flexibility index (Phi) is 5.63. The summed E-state index contributed by atoms with van der Waals surface area (Å²) in [5, 5.41) is 10.6. The van der Waals surface area contributed by atoms with Crippen LogP contribution in [-0.4, -0.2) is 21.9 Å². The predicted molar refractivity (Wildman–Crippen MR) is 119 cm³/mol. The maximum atomic E-state index is 12.1. The van der Waals surface area contributed by atoms with E-state index in [1.807, 2.05) is 37.3 Å². The van der Waals surface area contributed by atoms with Crippen LogP contribution in [0.25, 0.3) is 22.4 Å². The molecule has 6 nitrogen and oxygen atoms in total. The molecule has 0 amide bonds. The van der Waals surface area contributed by atoms with Gasteiger partial charge in [-0.3, -0.25) is 0 Å². The Labute approximate surface area is 178 Å². The highest BCUT2D eigenvalue weighted by Crippen LogP contribution is 2.32. The van der Waals surface area contributed by atoms with Gasteiger partial charge in [0.05, 0.1) is 12.7 Å². The van der Waals surface area contributed by atoms with E-state index in [1.54, 1.807) is 24.9 Å². The fourth-order valence-corrected chi connectivity index (χ4v) is 4.45. The Hall–Kier alpha value is -3.06. The third-order valence-corrected chi connectivity index (χ3v) is 6.20. The number of hydrogen-bond donors (Lipinski definition) is 0. The average Bonchev–Trinajstić information content (AvgIpc) is 3.16. The van der Waals surface area contributed by atoms with Gasteiger partial charge in [-0.1, -0.05) is 23.9 Å². The Morgan fingerprint density at radius 1 is 1.10 bits per heavy atom. The van der Waals surface area contributed by atoms with Gasteiger partial charge in [0.1, 0.15) is 11.3 Å². The lowest BCUT2D eigenvalue weighted by Gasteiger charge is -2.11. The van der Waals surface area contributed by atoms with Crippen LogP contribution in [0, 0.1) is 13.8 Å². The van der Waals surface area contributed by atoms with Crippen LogP contribution >= 0.6 is 11.8 Å². The molecule has 154 valence electrons. The second-order valence-corrected chi connectivity index (χ2v) is 8.01. The van der Waals surface area contributed by atoms with Crippen LogP contribution in [0.5, 0.6) is 5.75 Å². The van der Waals surface area contributed by atoms with Crippen molar-refractivity contribution in [1.82, 2.24) is 14.8 Å². The minimum absolute atomic E-state index is 0.340. The van der Waals surface area contributed by atoms with E-state index >= 15 is 0 Å². The molecule has 2 aromatic heterocycles. The van der Waals surface area contributed by atoms with Gasteiger partial charge < -0.3 is 13.7 Å². The van der Waals surface area contributed by atoms with E-state index in [9.17, 15) is 4.79 Å². The molecular weight excluding hydrogens is 398 g/mol. The first-order valence-corrected chi connectivity index (χ1v) is 10.7. The number of aryl methyl sites for hydroxylation is 2. The molecule has 30 heavy (non-hydrogen) atoms. The molecule has 0 radical (unpaired) electrons. The average molecular weight is 422 g/mol. The van der Waals surface area contributed by atoms with E-state index in [0.717, 1.165) is 50.9 Å². The standard InChI is InChI=1S/C23H23N3O3S/c1-5-26-22(17-8-6-7-9-19(17)28-4)24-25-23(26)30-13-16-12-21(27)29-20-11-15(3)14(2)10-18(16)20/h6-12H,5,13H2,1-4H3. The van der Waals surface area contributed by atoms with Crippen LogP contribution in [0.1, 0.15) is 23.6 Å². The van der Waals surface area contributed by atoms with Gasteiger partial charge in [-0.2, -0.15) is 0 Å². The van der Waals surface area contributed by atoms with Crippen LogP contribution in [-0.2, 0) is 12.3 Å². The lowest BCUT2D eigenvalue weighted by molar-refractivity contribution is 0.416. The molecule has 0 spiro atoms. The zero-order valence-corrected chi connectivity index (χ0v) is 18.2. The molecule has 0 saturated heterocycles. The summed E-state index contributed by atoms with van der Waals surface area (Å²) in [5.74, 6) is 2.12. The van der Waals surface area contributed by atoms with Gasteiger partial charge in [0, 0.05) is 23.8 Å². The first kappa shape index (κ1) is 20.2. The number of ether oxygens (including phenoxy) is 1. The van der Waals surface area contributed by atoms with Crippen molar-refractivity contribution in [1.29, 1.82) is 0 Å². The summed E-state index contributed by atoms with van der Waals surface area (Å²) < 4.78 is 13.0. The van der Waals surface area contributed by atoms with Gasteiger partial charge in [-0.05, 0) is 61.7 Å². The number of methoxy groups -OCH3 is 1. The maximum absolute atomic E-state index is 12.1. The van der Waals surface area contributed by atoms with Gasteiger partial charge in [-0.25, -0.2) is 4.79 Å². The number of para-hydroxylation sites is 1. The van der Waals surface area contributed by atoms with E-state index in [2.05, 4.69) is 34.7 Å². The van der Waals surface area contributed by atoms with E-state index in [0.29, 0.717) is 11.3 Å². The van der Waals surface area contributed by atoms with Gasteiger partial charge in [0.25, 0.3) is 0 Å². The third kappa shape index (κ3) is 3.73. The summed E-state index contributed by atoms with van der Waals surface area (Å²) in [7, 11) is 1.65. The lowest BCUT2D eigenvalue weighted by Crippen LogP contribution is -2.03. The van der Waals surface area contributed by atoms with Crippen molar-refractivity contribution < 1.29 is 9.15 Å². The van der Waals surface area contributed by atoms with Crippen LogP contribution in [0.3, 0.4) is 0 Å². The van der Waals surface area contributed by atoms with E-state index in [4.69, 9.17) is 9.15 Å². The summed E-state index contributed by atoms with van der Waals surface area (Å²) in [5.41, 5.74) is 4.37. The predicted octanol–water partition coefficient (Wildman–Crippen LogP) is 4.99. The fraction of sp³-hybridized carbons (Fsp3) is 0.261. The van der Waals surface area contributed by atoms with Gasteiger partial charge in [-0.15, -0.1) is 10.2 Å². The quantitative estimate of drug-likeness (QED) is 0.323. The van der Waals surface area contributed by atoms with E-state index in [1.165, 1.54) is 0 Å². The highest BCUT2D eigenvalue weighted by atomic mass is 32.2. The SMILES string of the molecule is CCn1c(SCc2cc(=O)oc3cc(C)c(C)cc23)nnc1-c1ccccc1OC. The molecule has 0 bridgehead atoms. The van der Waals surface area contributed by atoms with Crippen LogP contribution in [0.15, 0.2) is 56.8 Å². The summed E-state index contributed by atoms with van der Waals surface area (Å²) in [6.07, 6.45) is 0. The smallest absolute Gasteiger partial charge is 0.336 e. The number of aromatic nitrogens is 3. The van der Waals surface area contributed by atoms with Crippen molar-refractivity contribution in [2.45, 2.75) is 38.2 Å². The van der Waals surface area contributed by atoms with Crippen LogP contribution < -0.4 is 10.4 Å². The number of benzene rings is 2. The molecule has 0 aliphatic rings. The molecule has 4 aromatic rings. The number of nitrogens with zero attached hydrogens (tertiary/aromatic N) is 3. The topological polar surface area (TPSA) is 70.2 Å². The fourth-order valence-electron chi connectivity index (χ4n) is 3.45. The molecule has 0 fully saturated rings. The highest BCUT2D eigenvalue weighted by Gasteiger charge is 2.17. The second-order valence-electron chi connectivity index (χ2n) is 7.06. The number of hydrogen-bond acceptors (Lipinski definition) is 6. The van der Waals surface area contributed by atoms with Gasteiger partial charge in [0.15, 0.2) is 11.0 Å². The van der Waals surface area contributed by atoms with Crippen molar-refractivity contribution in [2.75, 3.05) is 7.11 Å². The molecular formula is C23H23N3O3S. The summed E-state index contributed by atoms with van der Waals surface area (Å²) in [6, 6.07) is 13.3. The van der Waals surface area contributed by atoms with E-state index in [-0.39, 0.29) is 5.63 Å². The second kappa shape index (κ2) is 8.36. The Morgan fingerprint density at radius 2 is 1.87 bits per heavy atom. The molecule has 4 rings (SSSR count). The highest BCUT2D eigenvalue weighted by molar-refractivity contribution is 7.98. The number of fused-ring (bicyclic) bond motifs is 1. The third-order valence-electron chi connectivity index (χ3n) is 5.18. The zero-order chi connectivity index (χ0) is 21.3. The molecule has 0 atom stereocenters. The van der Waals surface area contributed by atoms with Crippen molar-refractivity contribution >= 4 is 22.7 Å². The molecule has 2 heterocycles. The minimum atomic E-state index is -0.340. The summed E-state index contributed by atoms with van der Waals surface area (Å²) in [6.45, 7) is 6.85. The number of rotatable bonds is 6. The Balaban J connectivity index is 1.69. The first-order valence-electron chi connectivity index (χ1n) is 9.75. The molecule has 0 aliphatic carbocycles. The Bertz CT molecular complexity index is 1280. The van der Waals surface area contributed by atoms with E-state index < -0.39 is 0 Å². The van der Waals surface area contributed by atoms with Crippen molar-refractivity contribution in [3.8, 4) is 17.1 Å². The maximum Gasteiger partial charge on any atom is 0.336 e. The van der Waals surface area contributed by atoms with Crippen molar-refractivity contribution in [2.24, 2.45) is 0 Å². The first-order chi connectivity index (χ1) is 14.5. The monoisotopic (exact) mass is 421 g/mol. The van der Waals surface area contributed by atoms with Crippen LogP contribution in [0.4, 0.5) is 0 Å². The summed E-state index contributed by atoms with van der Waals surface area (Å²) in [4.78, 5) is 12.1. The lowest BCUT2D eigenvalue weighted by atomic mass is 10.0.